The molecule has 3 heteroatoms. The first kappa shape index (κ1) is 13.4. The van der Waals surface area contributed by atoms with E-state index in [2.05, 4.69) is 12.2 Å². The highest BCUT2D eigenvalue weighted by Gasteiger charge is 2.10. The second-order valence-corrected chi connectivity index (χ2v) is 4.05. The van der Waals surface area contributed by atoms with Gasteiger partial charge in [-0.1, -0.05) is 32.6 Å². The normalized spacial score (nSPS) is 14.9. The number of nitrogens with two attached hydrogens (primary N) is 1. The largest absolute Gasteiger partial charge is 0.352 e. The van der Waals surface area contributed by atoms with Gasteiger partial charge in [-0.15, -0.1) is 0 Å². The molecule has 3 nitrogen and oxygen atoms in total. The van der Waals surface area contributed by atoms with Crippen LogP contribution in [-0.2, 0) is 4.79 Å². The number of nitrogens with one attached hydrogen (secondary N) is 1. The minimum Gasteiger partial charge on any atom is -0.352 e. The van der Waals surface area contributed by atoms with Crippen LogP contribution in [0.1, 0.15) is 52.9 Å². The monoisotopic (exact) mass is 200 g/mol. The van der Waals surface area contributed by atoms with Crippen molar-refractivity contribution in [1.29, 1.82) is 0 Å². The van der Waals surface area contributed by atoms with Gasteiger partial charge in [-0.2, -0.15) is 0 Å². The number of rotatable bonds is 7. The molecule has 0 aromatic carbocycles. The molecule has 0 radical (unpaired) electrons. The van der Waals surface area contributed by atoms with Crippen molar-refractivity contribution in [2.75, 3.05) is 0 Å². The molecule has 1 amide bonds. The van der Waals surface area contributed by atoms with Crippen LogP contribution in [0.5, 0.6) is 0 Å². The maximum Gasteiger partial charge on any atom is 0.236 e. The predicted octanol–water partition coefficient (Wildman–Crippen LogP) is 1.81. The molecule has 84 valence electrons. The number of carbonyl (C=O) groups excluding carboxylic acids is 1. The molecule has 0 saturated carbocycles. The summed E-state index contributed by atoms with van der Waals surface area (Å²) < 4.78 is 0. The maximum absolute atomic E-state index is 11.2. The molecule has 0 saturated heterocycles. The Kier molecular flexibility index (Phi) is 7.48. The third kappa shape index (κ3) is 6.89. The summed E-state index contributed by atoms with van der Waals surface area (Å²) in [7, 11) is 0. The Morgan fingerprint density at radius 3 is 2.43 bits per heavy atom. The van der Waals surface area contributed by atoms with Gasteiger partial charge < -0.3 is 11.1 Å². The number of amides is 1. The van der Waals surface area contributed by atoms with E-state index in [1.54, 1.807) is 6.92 Å². The van der Waals surface area contributed by atoms with Gasteiger partial charge in [-0.25, -0.2) is 0 Å². The third-order valence-electron chi connectivity index (χ3n) is 2.29. The van der Waals surface area contributed by atoms with Crippen LogP contribution in [0, 0.1) is 0 Å². The van der Waals surface area contributed by atoms with Crippen LogP contribution >= 0.6 is 0 Å². The summed E-state index contributed by atoms with van der Waals surface area (Å²) in [6, 6.07) is -0.140. The van der Waals surface area contributed by atoms with Crippen molar-refractivity contribution in [3.8, 4) is 0 Å². The van der Waals surface area contributed by atoms with Crippen LogP contribution in [0.2, 0.25) is 0 Å². The molecular formula is C11H24N2O. The second kappa shape index (κ2) is 7.80. The van der Waals surface area contributed by atoms with E-state index in [1.165, 1.54) is 25.7 Å². The molecule has 0 aromatic heterocycles. The second-order valence-electron chi connectivity index (χ2n) is 4.05. The molecule has 0 aliphatic carbocycles. The molecule has 3 N–H and O–H groups in total. The highest BCUT2D eigenvalue weighted by Crippen LogP contribution is 2.05. The summed E-state index contributed by atoms with van der Waals surface area (Å²) in [6.45, 7) is 5.94. The van der Waals surface area contributed by atoms with Crippen molar-refractivity contribution in [3.63, 3.8) is 0 Å². The fraction of sp³-hybridized carbons (Fsp3) is 0.909. The van der Waals surface area contributed by atoms with Gasteiger partial charge in [0, 0.05) is 6.04 Å². The minimum atomic E-state index is -0.395. The highest BCUT2D eigenvalue weighted by molar-refractivity contribution is 5.81. The smallest absolute Gasteiger partial charge is 0.236 e. The molecule has 0 heterocycles. The van der Waals surface area contributed by atoms with E-state index in [-0.39, 0.29) is 11.9 Å². The predicted molar refractivity (Wildman–Crippen MR) is 60.0 cm³/mol. The van der Waals surface area contributed by atoms with E-state index in [4.69, 9.17) is 5.73 Å². The number of unbranched alkanes of at least 4 members (excludes halogenated alkanes) is 3. The fourth-order valence-corrected chi connectivity index (χ4v) is 1.32. The Balaban J connectivity index is 3.45. The summed E-state index contributed by atoms with van der Waals surface area (Å²) in [5.41, 5.74) is 5.45. The van der Waals surface area contributed by atoms with Gasteiger partial charge in [0.05, 0.1) is 6.04 Å². The van der Waals surface area contributed by atoms with Crippen LogP contribution in [0.25, 0.3) is 0 Å². The van der Waals surface area contributed by atoms with Crippen LogP contribution in [0.3, 0.4) is 0 Å². The average molecular weight is 200 g/mol. The summed E-state index contributed by atoms with van der Waals surface area (Å²) in [4.78, 5) is 11.2. The van der Waals surface area contributed by atoms with Crippen molar-refractivity contribution in [1.82, 2.24) is 5.32 Å². The Hall–Kier alpha value is -0.570. The zero-order valence-electron chi connectivity index (χ0n) is 9.68. The molecule has 0 rings (SSSR count). The summed E-state index contributed by atoms with van der Waals surface area (Å²) in [5.74, 6) is -0.0482. The molecule has 2 atom stereocenters. The topological polar surface area (TPSA) is 55.1 Å². The van der Waals surface area contributed by atoms with Gasteiger partial charge in [0.15, 0.2) is 0 Å². The van der Waals surface area contributed by atoms with Gasteiger partial charge in [-0.05, 0) is 20.3 Å². The third-order valence-corrected chi connectivity index (χ3v) is 2.29. The van der Waals surface area contributed by atoms with Crippen molar-refractivity contribution < 1.29 is 4.79 Å². The van der Waals surface area contributed by atoms with E-state index in [0.29, 0.717) is 0 Å². The zero-order valence-corrected chi connectivity index (χ0v) is 9.68. The molecule has 0 aliphatic heterocycles. The van der Waals surface area contributed by atoms with Crippen molar-refractivity contribution in [2.45, 2.75) is 65.0 Å². The van der Waals surface area contributed by atoms with Gasteiger partial charge >= 0.3 is 0 Å². The average Bonchev–Trinajstić information content (AvgIpc) is 2.12. The molecule has 1 unspecified atom stereocenters. The van der Waals surface area contributed by atoms with Crippen molar-refractivity contribution >= 4 is 5.91 Å². The van der Waals surface area contributed by atoms with Gasteiger partial charge in [0.1, 0.15) is 0 Å². The molecule has 0 spiro atoms. The molecule has 0 bridgehead atoms. The summed E-state index contributed by atoms with van der Waals surface area (Å²) in [6.07, 6.45) is 6.04. The molecule has 14 heavy (non-hydrogen) atoms. The summed E-state index contributed by atoms with van der Waals surface area (Å²) >= 11 is 0. The highest BCUT2D eigenvalue weighted by atomic mass is 16.2. The lowest BCUT2D eigenvalue weighted by Gasteiger charge is -2.15. The lowest BCUT2D eigenvalue weighted by atomic mass is 10.1. The Bertz CT molecular complexity index is 157. The van der Waals surface area contributed by atoms with Gasteiger partial charge in [0.2, 0.25) is 5.91 Å². The first-order chi connectivity index (χ1) is 6.57. The first-order valence-electron chi connectivity index (χ1n) is 5.63. The van der Waals surface area contributed by atoms with Crippen molar-refractivity contribution in [3.05, 3.63) is 0 Å². The van der Waals surface area contributed by atoms with E-state index in [0.717, 1.165) is 6.42 Å². The van der Waals surface area contributed by atoms with Crippen LogP contribution in [-0.4, -0.2) is 18.0 Å². The maximum atomic E-state index is 11.2. The van der Waals surface area contributed by atoms with Crippen molar-refractivity contribution in [2.24, 2.45) is 5.73 Å². The lowest BCUT2D eigenvalue weighted by Crippen LogP contribution is -2.42. The lowest BCUT2D eigenvalue weighted by molar-refractivity contribution is -0.122. The van der Waals surface area contributed by atoms with Crippen LogP contribution in [0.4, 0.5) is 0 Å². The summed E-state index contributed by atoms with van der Waals surface area (Å²) in [5, 5.41) is 2.89. The van der Waals surface area contributed by atoms with Crippen LogP contribution in [0.15, 0.2) is 0 Å². The van der Waals surface area contributed by atoms with Gasteiger partial charge in [-0.3, -0.25) is 4.79 Å². The van der Waals surface area contributed by atoms with E-state index >= 15 is 0 Å². The molecular weight excluding hydrogens is 176 g/mol. The Morgan fingerprint density at radius 2 is 1.93 bits per heavy atom. The zero-order chi connectivity index (χ0) is 11.0. The van der Waals surface area contributed by atoms with E-state index in [1.807, 2.05) is 6.92 Å². The molecule has 0 fully saturated rings. The van der Waals surface area contributed by atoms with E-state index < -0.39 is 6.04 Å². The number of carbonyl (C=O) groups is 1. The standard InChI is InChI=1S/C11H24N2O/c1-4-5-6-7-8-9(2)13-11(14)10(3)12/h9-10H,4-8,12H2,1-3H3,(H,13,14)/t9?,10-/m1/s1. The van der Waals surface area contributed by atoms with Gasteiger partial charge in [0.25, 0.3) is 0 Å². The van der Waals surface area contributed by atoms with Crippen LogP contribution < -0.4 is 11.1 Å². The van der Waals surface area contributed by atoms with E-state index in [9.17, 15) is 4.79 Å². The first-order valence-corrected chi connectivity index (χ1v) is 5.63. The quantitative estimate of drug-likeness (QED) is 0.616. The SMILES string of the molecule is CCCCCCC(C)NC(=O)[C@@H](C)N. The molecule has 0 aliphatic rings. The fourth-order valence-electron chi connectivity index (χ4n) is 1.32. The molecule has 0 aromatic rings. The minimum absolute atomic E-state index is 0.0482. The Morgan fingerprint density at radius 1 is 1.29 bits per heavy atom. The number of hydrogen-bond acceptors (Lipinski definition) is 2. The Labute approximate surface area is 87.4 Å². The number of hydrogen-bond donors (Lipinski definition) is 2.